The fraction of sp³-hybridized carbons (Fsp3) is 0.647. The number of hydrogen-bond acceptors (Lipinski definition) is 0. The normalized spacial score (nSPS) is 18.4. The average Bonchev–Trinajstić information content (AvgIpc) is 2.90. The van der Waals surface area contributed by atoms with Crippen molar-refractivity contribution in [2.75, 3.05) is 0 Å². The largest absolute Gasteiger partial charge is 0.123 e. The third-order valence-corrected chi connectivity index (χ3v) is 4.84. The monoisotopic (exact) mass is 264 g/mol. The van der Waals surface area contributed by atoms with Crippen LogP contribution < -0.4 is 0 Å². The molecule has 1 aliphatic rings. The van der Waals surface area contributed by atoms with E-state index >= 15 is 0 Å². The Balaban J connectivity index is 1.82. The highest BCUT2D eigenvalue weighted by Gasteiger charge is 2.22. The summed E-state index contributed by atoms with van der Waals surface area (Å²) in [6.07, 6.45) is 7.73. The summed E-state index contributed by atoms with van der Waals surface area (Å²) in [5.41, 5.74) is 2.86. The Morgan fingerprint density at radius 2 is 1.72 bits per heavy atom. The molecule has 0 aromatic heterocycles. The molecular weight excluding hydrogens is 240 g/mol. The van der Waals surface area contributed by atoms with Crippen LogP contribution in [-0.2, 0) is 6.42 Å². The van der Waals surface area contributed by atoms with Gasteiger partial charge in [-0.15, -0.1) is 11.6 Å². The molecule has 18 heavy (non-hydrogen) atoms. The predicted molar refractivity (Wildman–Crippen MR) is 80.5 cm³/mol. The summed E-state index contributed by atoms with van der Waals surface area (Å²) in [7, 11) is 0. The molecule has 0 bridgehead atoms. The number of benzene rings is 1. The van der Waals surface area contributed by atoms with Crippen LogP contribution in [0.25, 0.3) is 0 Å². The third kappa shape index (κ3) is 3.75. The van der Waals surface area contributed by atoms with Gasteiger partial charge in [0, 0.05) is 5.38 Å². The molecule has 0 heterocycles. The zero-order valence-electron chi connectivity index (χ0n) is 11.7. The van der Waals surface area contributed by atoms with E-state index in [-0.39, 0.29) is 0 Å². The maximum Gasteiger partial charge on any atom is 0.0367 e. The molecule has 0 aliphatic heterocycles. The summed E-state index contributed by atoms with van der Waals surface area (Å²) < 4.78 is 0. The molecule has 0 radical (unpaired) electrons. The maximum absolute atomic E-state index is 6.52. The van der Waals surface area contributed by atoms with Gasteiger partial charge in [-0.05, 0) is 48.6 Å². The van der Waals surface area contributed by atoms with E-state index in [0.717, 1.165) is 18.8 Å². The molecule has 100 valence electrons. The van der Waals surface area contributed by atoms with Crippen molar-refractivity contribution in [1.29, 1.82) is 0 Å². The highest BCUT2D eigenvalue weighted by Crippen LogP contribution is 2.32. The first kappa shape index (κ1) is 13.9. The summed E-state index contributed by atoms with van der Waals surface area (Å²) >= 11 is 6.52. The van der Waals surface area contributed by atoms with Gasteiger partial charge in [-0.25, -0.2) is 0 Å². The molecule has 2 rings (SSSR count). The molecule has 1 fully saturated rings. The van der Waals surface area contributed by atoms with Crippen LogP contribution >= 0.6 is 11.6 Å². The minimum absolute atomic E-state index is 0.386. The summed E-state index contributed by atoms with van der Waals surface area (Å²) in [6, 6.07) is 9.07. The van der Waals surface area contributed by atoms with Crippen LogP contribution in [0.5, 0.6) is 0 Å². The Morgan fingerprint density at radius 3 is 2.28 bits per heavy atom. The first-order valence-electron chi connectivity index (χ1n) is 7.39. The molecule has 0 saturated heterocycles. The quantitative estimate of drug-likeness (QED) is 0.613. The van der Waals surface area contributed by atoms with Gasteiger partial charge in [-0.1, -0.05) is 51.0 Å². The van der Waals surface area contributed by atoms with E-state index < -0.39 is 0 Å². The van der Waals surface area contributed by atoms with Gasteiger partial charge >= 0.3 is 0 Å². The summed E-state index contributed by atoms with van der Waals surface area (Å²) in [6.45, 7) is 4.48. The molecule has 0 spiro atoms. The van der Waals surface area contributed by atoms with Gasteiger partial charge in [0.1, 0.15) is 0 Å². The van der Waals surface area contributed by atoms with E-state index in [0.29, 0.717) is 11.3 Å². The minimum Gasteiger partial charge on any atom is -0.123 e. The average molecular weight is 265 g/mol. The SMILES string of the molecule is CC(C)c1ccc(CCC(Cl)C2CCCC2)cc1. The van der Waals surface area contributed by atoms with Crippen molar-refractivity contribution in [2.45, 2.75) is 63.7 Å². The molecular formula is C17H25Cl. The lowest BCUT2D eigenvalue weighted by Gasteiger charge is -2.16. The Kier molecular flexibility index (Phi) is 5.12. The second kappa shape index (κ2) is 6.61. The smallest absolute Gasteiger partial charge is 0.0367 e. The van der Waals surface area contributed by atoms with Crippen molar-refractivity contribution in [3.8, 4) is 0 Å². The Labute approximate surface area is 117 Å². The van der Waals surface area contributed by atoms with Crippen LogP contribution in [-0.4, -0.2) is 5.38 Å². The van der Waals surface area contributed by atoms with Crippen molar-refractivity contribution >= 4 is 11.6 Å². The maximum atomic E-state index is 6.52. The van der Waals surface area contributed by atoms with Gasteiger partial charge in [0.05, 0.1) is 0 Å². The summed E-state index contributed by atoms with van der Waals surface area (Å²) in [5.74, 6) is 1.40. The van der Waals surface area contributed by atoms with Crippen molar-refractivity contribution in [3.63, 3.8) is 0 Å². The van der Waals surface area contributed by atoms with Gasteiger partial charge < -0.3 is 0 Å². The van der Waals surface area contributed by atoms with Crippen LogP contribution in [0, 0.1) is 5.92 Å². The van der Waals surface area contributed by atoms with E-state index in [1.54, 1.807) is 0 Å². The Bertz CT molecular complexity index is 346. The Morgan fingerprint density at radius 1 is 1.11 bits per heavy atom. The van der Waals surface area contributed by atoms with Crippen molar-refractivity contribution in [3.05, 3.63) is 35.4 Å². The lowest BCUT2D eigenvalue weighted by atomic mass is 9.96. The van der Waals surface area contributed by atoms with Crippen molar-refractivity contribution in [1.82, 2.24) is 0 Å². The molecule has 0 amide bonds. The van der Waals surface area contributed by atoms with Gasteiger partial charge in [-0.3, -0.25) is 0 Å². The van der Waals surface area contributed by atoms with Crippen LogP contribution in [0.3, 0.4) is 0 Å². The fourth-order valence-electron chi connectivity index (χ4n) is 2.93. The van der Waals surface area contributed by atoms with Crippen molar-refractivity contribution < 1.29 is 0 Å². The lowest BCUT2D eigenvalue weighted by Crippen LogP contribution is -2.12. The molecule has 1 aromatic rings. The number of hydrogen-bond donors (Lipinski definition) is 0. The van der Waals surface area contributed by atoms with Crippen LogP contribution in [0.2, 0.25) is 0 Å². The molecule has 1 aliphatic carbocycles. The van der Waals surface area contributed by atoms with Crippen LogP contribution in [0.1, 0.15) is 63.0 Å². The van der Waals surface area contributed by atoms with Crippen LogP contribution in [0.15, 0.2) is 24.3 Å². The summed E-state index contributed by atoms with van der Waals surface area (Å²) in [5, 5.41) is 0.386. The number of halogens is 1. The van der Waals surface area contributed by atoms with E-state index in [9.17, 15) is 0 Å². The molecule has 1 aromatic carbocycles. The molecule has 1 unspecified atom stereocenters. The van der Waals surface area contributed by atoms with Gasteiger partial charge in [0.25, 0.3) is 0 Å². The molecule has 1 saturated carbocycles. The fourth-order valence-corrected chi connectivity index (χ4v) is 3.29. The number of alkyl halides is 1. The third-order valence-electron chi connectivity index (χ3n) is 4.27. The zero-order chi connectivity index (χ0) is 13.0. The van der Waals surface area contributed by atoms with E-state index in [4.69, 9.17) is 11.6 Å². The highest BCUT2D eigenvalue weighted by atomic mass is 35.5. The van der Waals surface area contributed by atoms with E-state index in [1.807, 2.05) is 0 Å². The standard InChI is InChI=1S/C17H25Cl/c1-13(2)15-10-7-14(8-11-15)9-12-17(18)16-5-3-4-6-16/h7-8,10-11,13,16-17H,3-6,9,12H2,1-2H3. The first-order valence-corrected chi connectivity index (χ1v) is 7.83. The first-order chi connectivity index (χ1) is 8.66. The number of aryl methyl sites for hydroxylation is 1. The van der Waals surface area contributed by atoms with Gasteiger partial charge in [-0.2, -0.15) is 0 Å². The molecule has 1 heteroatoms. The zero-order valence-corrected chi connectivity index (χ0v) is 12.4. The van der Waals surface area contributed by atoms with Gasteiger partial charge in [0.2, 0.25) is 0 Å². The topological polar surface area (TPSA) is 0 Å². The van der Waals surface area contributed by atoms with Crippen LogP contribution in [0.4, 0.5) is 0 Å². The minimum atomic E-state index is 0.386. The van der Waals surface area contributed by atoms with Gasteiger partial charge in [0.15, 0.2) is 0 Å². The van der Waals surface area contributed by atoms with E-state index in [1.165, 1.54) is 36.8 Å². The molecule has 0 nitrogen and oxygen atoms in total. The summed E-state index contributed by atoms with van der Waals surface area (Å²) in [4.78, 5) is 0. The lowest BCUT2D eigenvalue weighted by molar-refractivity contribution is 0.492. The number of rotatable bonds is 5. The second-order valence-electron chi connectivity index (χ2n) is 6.00. The molecule has 1 atom stereocenters. The predicted octanol–water partition coefficient (Wildman–Crippen LogP) is 5.54. The van der Waals surface area contributed by atoms with E-state index in [2.05, 4.69) is 38.1 Å². The second-order valence-corrected chi connectivity index (χ2v) is 6.56. The molecule has 0 N–H and O–H groups in total. The Hall–Kier alpha value is -0.490. The van der Waals surface area contributed by atoms with Crippen molar-refractivity contribution in [2.24, 2.45) is 5.92 Å². The highest BCUT2D eigenvalue weighted by molar-refractivity contribution is 6.20.